The first-order valence-electron chi connectivity index (χ1n) is 6.13. The molecule has 0 aliphatic heterocycles. The van der Waals surface area contributed by atoms with Crippen LogP contribution in [0, 0.1) is 0 Å². The van der Waals surface area contributed by atoms with E-state index >= 15 is 0 Å². The molecule has 16 heavy (non-hydrogen) atoms. The molecule has 0 aliphatic rings. The Morgan fingerprint density at radius 2 is 2.19 bits per heavy atom. The molecule has 0 aromatic carbocycles. The molecule has 0 amide bonds. The van der Waals surface area contributed by atoms with Gasteiger partial charge < -0.3 is 10.5 Å². The lowest BCUT2D eigenvalue weighted by molar-refractivity contribution is 0.0393. The molecule has 0 saturated heterocycles. The summed E-state index contributed by atoms with van der Waals surface area (Å²) in [6.07, 6.45) is 3.88. The van der Waals surface area contributed by atoms with E-state index in [-0.39, 0.29) is 12.1 Å². The zero-order valence-corrected chi connectivity index (χ0v) is 10.5. The predicted octanol–water partition coefficient (Wildman–Crippen LogP) is 2.11. The van der Waals surface area contributed by atoms with Crippen LogP contribution in [0.1, 0.15) is 45.3 Å². The largest absolute Gasteiger partial charge is 0.376 e. The van der Waals surface area contributed by atoms with Crippen molar-refractivity contribution in [2.45, 2.75) is 52.3 Å². The van der Waals surface area contributed by atoms with Crippen molar-refractivity contribution in [3.05, 3.63) is 18.0 Å². The number of hydrogen-bond donors (Lipinski definition) is 1. The highest BCUT2D eigenvalue weighted by molar-refractivity contribution is 5.08. The molecule has 92 valence electrons. The second kappa shape index (κ2) is 6.66. The van der Waals surface area contributed by atoms with Crippen LogP contribution in [0.2, 0.25) is 0 Å². The monoisotopic (exact) mass is 225 g/mol. The zero-order chi connectivity index (χ0) is 12.0. The lowest BCUT2D eigenvalue weighted by Crippen LogP contribution is -2.30. The summed E-state index contributed by atoms with van der Waals surface area (Å²) < 4.78 is 7.62. The molecule has 4 nitrogen and oxygen atoms in total. The lowest BCUT2D eigenvalue weighted by atomic mass is 10.1. The van der Waals surface area contributed by atoms with Crippen LogP contribution in [0.25, 0.3) is 0 Å². The molecule has 0 saturated carbocycles. The fourth-order valence-corrected chi connectivity index (χ4v) is 1.90. The molecule has 4 heteroatoms. The van der Waals surface area contributed by atoms with E-state index in [4.69, 9.17) is 10.5 Å². The second-order valence-corrected chi connectivity index (χ2v) is 3.91. The summed E-state index contributed by atoms with van der Waals surface area (Å²) in [5.41, 5.74) is 7.30. The summed E-state index contributed by atoms with van der Waals surface area (Å²) >= 11 is 0. The van der Waals surface area contributed by atoms with Gasteiger partial charge in [-0.3, -0.25) is 4.68 Å². The Kier molecular flexibility index (Phi) is 5.49. The average molecular weight is 225 g/mol. The molecule has 0 spiro atoms. The maximum absolute atomic E-state index is 6.23. The van der Waals surface area contributed by atoms with Crippen molar-refractivity contribution >= 4 is 0 Å². The Hall–Kier alpha value is -0.870. The number of nitrogens with zero attached hydrogens (tertiary/aromatic N) is 2. The Morgan fingerprint density at radius 1 is 1.44 bits per heavy atom. The Bertz CT molecular complexity index is 298. The van der Waals surface area contributed by atoms with Gasteiger partial charge in [0, 0.05) is 19.3 Å². The summed E-state index contributed by atoms with van der Waals surface area (Å²) in [4.78, 5) is 0. The quantitative estimate of drug-likeness (QED) is 0.773. The first-order valence-corrected chi connectivity index (χ1v) is 6.13. The van der Waals surface area contributed by atoms with Crippen molar-refractivity contribution < 1.29 is 4.74 Å². The lowest BCUT2D eigenvalue weighted by Gasteiger charge is -2.23. The Morgan fingerprint density at radius 3 is 2.75 bits per heavy atom. The molecular weight excluding hydrogens is 202 g/mol. The van der Waals surface area contributed by atoms with Gasteiger partial charge in [-0.15, -0.1) is 0 Å². The number of aromatic nitrogens is 2. The van der Waals surface area contributed by atoms with Crippen molar-refractivity contribution in [1.29, 1.82) is 0 Å². The summed E-state index contributed by atoms with van der Waals surface area (Å²) in [5.74, 6) is 0. The minimum Gasteiger partial charge on any atom is -0.376 e. The molecule has 1 aromatic rings. The Balaban J connectivity index is 2.76. The van der Waals surface area contributed by atoms with Gasteiger partial charge in [0.2, 0.25) is 0 Å². The number of nitrogens with two attached hydrogens (primary N) is 1. The van der Waals surface area contributed by atoms with E-state index in [9.17, 15) is 0 Å². The van der Waals surface area contributed by atoms with Crippen molar-refractivity contribution in [2.24, 2.45) is 5.73 Å². The molecular formula is C12H23N3O. The van der Waals surface area contributed by atoms with Gasteiger partial charge in [0.1, 0.15) is 0 Å². The van der Waals surface area contributed by atoms with Crippen LogP contribution >= 0.6 is 0 Å². The number of rotatable bonds is 7. The van der Waals surface area contributed by atoms with Gasteiger partial charge in [0.25, 0.3) is 0 Å². The summed E-state index contributed by atoms with van der Waals surface area (Å²) in [7, 11) is 0. The minimum atomic E-state index is -0.0843. The fraction of sp³-hybridized carbons (Fsp3) is 0.750. The summed E-state index contributed by atoms with van der Waals surface area (Å²) in [6.45, 7) is 7.85. The molecule has 2 unspecified atom stereocenters. The van der Waals surface area contributed by atoms with Crippen LogP contribution in [-0.4, -0.2) is 22.5 Å². The van der Waals surface area contributed by atoms with E-state index in [1.54, 1.807) is 0 Å². The van der Waals surface area contributed by atoms with Gasteiger partial charge >= 0.3 is 0 Å². The van der Waals surface area contributed by atoms with Crippen LogP contribution in [0.5, 0.6) is 0 Å². The molecule has 0 bridgehead atoms. The van der Waals surface area contributed by atoms with E-state index in [0.29, 0.717) is 6.61 Å². The van der Waals surface area contributed by atoms with Gasteiger partial charge in [0.15, 0.2) is 0 Å². The van der Waals surface area contributed by atoms with Gasteiger partial charge in [-0.1, -0.05) is 13.8 Å². The standard InChI is InChI=1S/C12H23N3O/c1-4-9-15-10(7-8-14-15)12(13)11(5-2)16-6-3/h7-8,11-12H,4-6,9,13H2,1-3H3. The van der Waals surface area contributed by atoms with Crippen molar-refractivity contribution in [1.82, 2.24) is 9.78 Å². The van der Waals surface area contributed by atoms with E-state index in [1.165, 1.54) is 0 Å². The molecule has 0 aliphatic carbocycles. The minimum absolute atomic E-state index is 0.0808. The highest BCUT2D eigenvalue weighted by atomic mass is 16.5. The molecule has 2 atom stereocenters. The third-order valence-electron chi connectivity index (χ3n) is 2.71. The van der Waals surface area contributed by atoms with Gasteiger partial charge in [0.05, 0.1) is 17.8 Å². The van der Waals surface area contributed by atoms with Gasteiger partial charge in [-0.05, 0) is 25.8 Å². The molecule has 1 rings (SSSR count). The van der Waals surface area contributed by atoms with Crippen LogP contribution in [-0.2, 0) is 11.3 Å². The first kappa shape index (κ1) is 13.2. The highest BCUT2D eigenvalue weighted by Gasteiger charge is 2.21. The summed E-state index contributed by atoms with van der Waals surface area (Å²) in [5, 5.41) is 4.28. The molecule has 2 N–H and O–H groups in total. The topological polar surface area (TPSA) is 53.1 Å². The number of aryl methyl sites for hydroxylation is 1. The maximum atomic E-state index is 6.23. The maximum Gasteiger partial charge on any atom is 0.0780 e. The molecule has 1 heterocycles. The van der Waals surface area contributed by atoms with E-state index < -0.39 is 0 Å². The van der Waals surface area contributed by atoms with Gasteiger partial charge in [-0.2, -0.15) is 5.10 Å². The van der Waals surface area contributed by atoms with E-state index in [0.717, 1.165) is 25.1 Å². The third kappa shape index (κ3) is 3.06. The van der Waals surface area contributed by atoms with Crippen molar-refractivity contribution in [2.75, 3.05) is 6.61 Å². The van der Waals surface area contributed by atoms with E-state index in [1.807, 2.05) is 23.9 Å². The smallest absolute Gasteiger partial charge is 0.0780 e. The van der Waals surface area contributed by atoms with Crippen molar-refractivity contribution in [3.63, 3.8) is 0 Å². The fourth-order valence-electron chi connectivity index (χ4n) is 1.90. The second-order valence-electron chi connectivity index (χ2n) is 3.91. The molecule has 0 radical (unpaired) electrons. The number of hydrogen-bond acceptors (Lipinski definition) is 3. The van der Waals surface area contributed by atoms with E-state index in [2.05, 4.69) is 18.9 Å². The molecule has 0 fully saturated rings. The SMILES string of the molecule is CCCn1nccc1C(N)C(CC)OCC. The van der Waals surface area contributed by atoms with Crippen LogP contribution in [0.3, 0.4) is 0 Å². The average Bonchev–Trinajstić information content (AvgIpc) is 2.73. The first-order chi connectivity index (χ1) is 7.74. The van der Waals surface area contributed by atoms with Crippen LogP contribution in [0.4, 0.5) is 0 Å². The molecule has 1 aromatic heterocycles. The highest BCUT2D eigenvalue weighted by Crippen LogP contribution is 2.19. The number of ether oxygens (including phenoxy) is 1. The van der Waals surface area contributed by atoms with Crippen LogP contribution in [0.15, 0.2) is 12.3 Å². The predicted molar refractivity (Wildman–Crippen MR) is 65.2 cm³/mol. The normalized spacial score (nSPS) is 15.0. The summed E-state index contributed by atoms with van der Waals surface area (Å²) in [6, 6.07) is 1.90. The zero-order valence-electron chi connectivity index (χ0n) is 10.5. The van der Waals surface area contributed by atoms with Crippen molar-refractivity contribution in [3.8, 4) is 0 Å². The third-order valence-corrected chi connectivity index (χ3v) is 2.71. The van der Waals surface area contributed by atoms with Crippen LogP contribution < -0.4 is 5.73 Å². The van der Waals surface area contributed by atoms with Gasteiger partial charge in [-0.25, -0.2) is 0 Å². The Labute approximate surface area is 97.8 Å².